The van der Waals surface area contributed by atoms with E-state index in [0.717, 1.165) is 0 Å². The highest BCUT2D eigenvalue weighted by molar-refractivity contribution is 5.89. The van der Waals surface area contributed by atoms with Crippen molar-refractivity contribution in [2.45, 2.75) is 6.61 Å². The van der Waals surface area contributed by atoms with Crippen LogP contribution in [0.3, 0.4) is 0 Å². The fourth-order valence-corrected chi connectivity index (χ4v) is 1.62. The number of ether oxygens (including phenoxy) is 2. The molecule has 5 heteroatoms. The van der Waals surface area contributed by atoms with Crippen molar-refractivity contribution in [1.82, 2.24) is 0 Å². The summed E-state index contributed by atoms with van der Waals surface area (Å²) in [6, 6.07) is 9.62. The largest absolute Gasteiger partial charge is 0.489 e. The van der Waals surface area contributed by atoms with E-state index in [-0.39, 0.29) is 18.0 Å². The molecule has 0 aliphatic carbocycles. The second-order valence-electron chi connectivity index (χ2n) is 4.05. The summed E-state index contributed by atoms with van der Waals surface area (Å²) in [4.78, 5) is 11.2. The normalized spacial score (nSPS) is 10.2. The van der Waals surface area contributed by atoms with E-state index in [1.807, 2.05) is 0 Å². The molecule has 104 valence electrons. The summed E-state index contributed by atoms with van der Waals surface area (Å²) < 4.78 is 36.2. The summed E-state index contributed by atoms with van der Waals surface area (Å²) in [5.41, 5.74) is 0.428. The fraction of sp³-hybridized carbons (Fsp3) is 0.133. The van der Waals surface area contributed by atoms with Crippen molar-refractivity contribution in [3.8, 4) is 5.75 Å². The van der Waals surface area contributed by atoms with E-state index in [4.69, 9.17) is 4.74 Å². The molecule has 3 nitrogen and oxygen atoms in total. The Bertz CT molecular complexity index is 609. The quantitative estimate of drug-likeness (QED) is 0.805. The Kier molecular flexibility index (Phi) is 4.30. The van der Waals surface area contributed by atoms with Gasteiger partial charge in [0.15, 0.2) is 0 Å². The maximum atomic E-state index is 13.7. The second-order valence-corrected chi connectivity index (χ2v) is 4.05. The Hall–Kier alpha value is -2.43. The third kappa shape index (κ3) is 3.32. The van der Waals surface area contributed by atoms with E-state index in [1.54, 1.807) is 6.07 Å². The van der Waals surface area contributed by atoms with Crippen molar-refractivity contribution in [2.24, 2.45) is 0 Å². The molecule has 20 heavy (non-hydrogen) atoms. The Morgan fingerprint density at radius 3 is 2.40 bits per heavy atom. The lowest BCUT2D eigenvalue weighted by molar-refractivity contribution is 0.0595. The molecule has 0 aliphatic rings. The van der Waals surface area contributed by atoms with Gasteiger partial charge in [-0.25, -0.2) is 13.6 Å². The summed E-state index contributed by atoms with van der Waals surface area (Å²) >= 11 is 0. The van der Waals surface area contributed by atoms with Crippen LogP contribution in [-0.2, 0) is 11.3 Å². The molecule has 0 bridgehead atoms. The van der Waals surface area contributed by atoms with Gasteiger partial charge in [-0.15, -0.1) is 0 Å². The van der Waals surface area contributed by atoms with Crippen LogP contribution < -0.4 is 4.74 Å². The predicted octanol–water partition coefficient (Wildman–Crippen LogP) is 3.33. The van der Waals surface area contributed by atoms with E-state index in [2.05, 4.69) is 4.74 Å². The van der Waals surface area contributed by atoms with Crippen molar-refractivity contribution in [3.63, 3.8) is 0 Å². The number of hydrogen-bond donors (Lipinski definition) is 0. The first-order valence-corrected chi connectivity index (χ1v) is 5.85. The van der Waals surface area contributed by atoms with Crippen LogP contribution in [0, 0.1) is 11.6 Å². The third-order valence-electron chi connectivity index (χ3n) is 2.66. The molecule has 0 unspecified atom stereocenters. The standard InChI is InChI=1S/C15H12F2O3/c1-19-15(18)13-7-2-10(8-14(13)17)9-20-12-5-3-11(16)4-6-12/h2-8H,9H2,1H3. The molecular weight excluding hydrogens is 266 g/mol. The van der Waals surface area contributed by atoms with Crippen LogP contribution in [0.5, 0.6) is 5.75 Å². The Morgan fingerprint density at radius 2 is 1.80 bits per heavy atom. The van der Waals surface area contributed by atoms with Gasteiger partial charge in [0.2, 0.25) is 0 Å². The number of halogens is 2. The molecule has 0 amide bonds. The average Bonchev–Trinajstić information content (AvgIpc) is 2.46. The van der Waals surface area contributed by atoms with E-state index in [0.29, 0.717) is 11.3 Å². The lowest BCUT2D eigenvalue weighted by Gasteiger charge is -2.07. The SMILES string of the molecule is COC(=O)c1ccc(COc2ccc(F)cc2)cc1F. The molecule has 0 aromatic heterocycles. The predicted molar refractivity (Wildman–Crippen MR) is 68.5 cm³/mol. The number of rotatable bonds is 4. The number of hydrogen-bond acceptors (Lipinski definition) is 3. The maximum Gasteiger partial charge on any atom is 0.340 e. The minimum Gasteiger partial charge on any atom is -0.489 e. The highest BCUT2D eigenvalue weighted by Gasteiger charge is 2.12. The lowest BCUT2D eigenvalue weighted by Crippen LogP contribution is -2.05. The van der Waals surface area contributed by atoms with Crippen molar-refractivity contribution >= 4 is 5.97 Å². The second kappa shape index (κ2) is 6.14. The molecule has 2 aromatic rings. The van der Waals surface area contributed by atoms with Crippen molar-refractivity contribution < 1.29 is 23.0 Å². The zero-order valence-corrected chi connectivity index (χ0v) is 10.7. The maximum absolute atomic E-state index is 13.7. The Balaban J connectivity index is 2.05. The number of benzene rings is 2. The summed E-state index contributed by atoms with van der Waals surface area (Å²) in [6.45, 7) is 0.115. The van der Waals surface area contributed by atoms with Crippen molar-refractivity contribution in [3.05, 3.63) is 65.2 Å². The van der Waals surface area contributed by atoms with Crippen LogP contribution >= 0.6 is 0 Å². The van der Waals surface area contributed by atoms with Gasteiger partial charge >= 0.3 is 5.97 Å². The molecule has 2 aromatic carbocycles. The highest BCUT2D eigenvalue weighted by Crippen LogP contribution is 2.16. The first-order chi connectivity index (χ1) is 9.60. The minimum atomic E-state index is -0.728. The Labute approximate surface area is 114 Å². The summed E-state index contributed by atoms with van der Waals surface area (Å²) in [5.74, 6) is -1.28. The molecular formula is C15H12F2O3. The molecule has 0 radical (unpaired) electrons. The highest BCUT2D eigenvalue weighted by atomic mass is 19.1. The summed E-state index contributed by atoms with van der Waals surface area (Å²) in [5, 5.41) is 0. The molecule has 0 fully saturated rings. The van der Waals surface area contributed by atoms with Gasteiger partial charge in [0.1, 0.15) is 24.0 Å². The molecule has 0 heterocycles. The van der Waals surface area contributed by atoms with E-state index in [1.165, 1.54) is 43.5 Å². The van der Waals surface area contributed by atoms with Gasteiger partial charge in [0.25, 0.3) is 0 Å². The monoisotopic (exact) mass is 278 g/mol. The number of esters is 1. The van der Waals surface area contributed by atoms with Crippen LogP contribution in [0.2, 0.25) is 0 Å². The van der Waals surface area contributed by atoms with Gasteiger partial charge in [-0.05, 0) is 42.0 Å². The van der Waals surface area contributed by atoms with Crippen molar-refractivity contribution in [2.75, 3.05) is 7.11 Å². The molecule has 0 saturated heterocycles. The molecule has 0 N–H and O–H groups in total. The average molecular weight is 278 g/mol. The van der Waals surface area contributed by atoms with Gasteiger partial charge in [-0.2, -0.15) is 0 Å². The van der Waals surface area contributed by atoms with Gasteiger partial charge in [-0.3, -0.25) is 0 Å². The fourth-order valence-electron chi connectivity index (χ4n) is 1.62. The summed E-state index contributed by atoms with van der Waals surface area (Å²) in [6.07, 6.45) is 0. The molecule has 0 saturated carbocycles. The van der Waals surface area contributed by atoms with Crippen LogP contribution in [0.1, 0.15) is 15.9 Å². The topological polar surface area (TPSA) is 35.5 Å². The van der Waals surface area contributed by atoms with Gasteiger partial charge in [-0.1, -0.05) is 6.07 Å². The zero-order valence-electron chi connectivity index (χ0n) is 10.7. The first-order valence-electron chi connectivity index (χ1n) is 5.85. The van der Waals surface area contributed by atoms with Gasteiger partial charge in [0, 0.05) is 0 Å². The van der Waals surface area contributed by atoms with E-state index in [9.17, 15) is 13.6 Å². The third-order valence-corrected chi connectivity index (χ3v) is 2.66. The van der Waals surface area contributed by atoms with Crippen LogP contribution in [0.15, 0.2) is 42.5 Å². The van der Waals surface area contributed by atoms with E-state index < -0.39 is 11.8 Å². The number of carbonyl (C=O) groups is 1. The first kappa shape index (κ1) is 14.0. The molecule has 0 spiro atoms. The smallest absolute Gasteiger partial charge is 0.340 e. The molecule has 0 atom stereocenters. The minimum absolute atomic E-state index is 0.115. The van der Waals surface area contributed by atoms with Gasteiger partial charge < -0.3 is 9.47 Å². The lowest BCUT2D eigenvalue weighted by atomic mass is 10.1. The van der Waals surface area contributed by atoms with Crippen molar-refractivity contribution in [1.29, 1.82) is 0 Å². The number of methoxy groups -OCH3 is 1. The zero-order chi connectivity index (χ0) is 14.5. The molecule has 0 aliphatic heterocycles. The Morgan fingerprint density at radius 1 is 1.10 bits per heavy atom. The summed E-state index contributed by atoms with van der Waals surface area (Å²) in [7, 11) is 1.19. The van der Waals surface area contributed by atoms with Gasteiger partial charge in [0.05, 0.1) is 12.7 Å². The van der Waals surface area contributed by atoms with Crippen LogP contribution in [0.4, 0.5) is 8.78 Å². The van der Waals surface area contributed by atoms with Crippen LogP contribution in [-0.4, -0.2) is 13.1 Å². The molecule has 2 rings (SSSR count). The van der Waals surface area contributed by atoms with E-state index >= 15 is 0 Å². The number of carbonyl (C=O) groups excluding carboxylic acids is 1. The van der Waals surface area contributed by atoms with Crippen LogP contribution in [0.25, 0.3) is 0 Å².